The van der Waals surface area contributed by atoms with Crippen LogP contribution in [0.3, 0.4) is 0 Å². The Morgan fingerprint density at radius 3 is 2.51 bits per heavy atom. The smallest absolute Gasteiger partial charge is 0.245 e. The van der Waals surface area contributed by atoms with Crippen LogP contribution in [0, 0.1) is 11.7 Å². The van der Waals surface area contributed by atoms with Crippen LogP contribution in [-0.4, -0.2) is 72.6 Å². The van der Waals surface area contributed by atoms with Crippen molar-refractivity contribution < 1.29 is 28.6 Å². The third-order valence-electron chi connectivity index (χ3n) is 7.09. The lowest BCUT2D eigenvalue weighted by Crippen LogP contribution is -2.54. The first kappa shape index (κ1) is 28.5. The van der Waals surface area contributed by atoms with Crippen molar-refractivity contribution >= 4 is 17.7 Å². The fourth-order valence-corrected chi connectivity index (χ4v) is 4.75. The topological polar surface area (TPSA) is 120 Å². The molecule has 4 atom stereocenters. The number of hydrogen-bond acceptors (Lipinski definition) is 6. The number of amides is 3. The van der Waals surface area contributed by atoms with E-state index in [0.717, 1.165) is 24.2 Å². The van der Waals surface area contributed by atoms with E-state index in [4.69, 9.17) is 4.74 Å². The highest BCUT2D eigenvalue weighted by Gasteiger charge is 2.38. The van der Waals surface area contributed by atoms with Gasteiger partial charge < -0.3 is 30.7 Å². The molecule has 1 aliphatic heterocycles. The monoisotopic (exact) mass is 540 g/mol. The van der Waals surface area contributed by atoms with Gasteiger partial charge in [0.25, 0.3) is 0 Å². The van der Waals surface area contributed by atoms with Crippen LogP contribution in [0.1, 0.15) is 43.4 Å². The van der Waals surface area contributed by atoms with Crippen LogP contribution in [0.5, 0.6) is 5.75 Å². The second-order valence-corrected chi connectivity index (χ2v) is 10.4. The molecule has 1 saturated carbocycles. The summed E-state index contributed by atoms with van der Waals surface area (Å²) in [6.45, 7) is 2.42. The van der Waals surface area contributed by atoms with Gasteiger partial charge in [-0.1, -0.05) is 30.3 Å². The molecule has 0 bridgehead atoms. The molecule has 10 heteroatoms. The van der Waals surface area contributed by atoms with Crippen LogP contribution in [0.4, 0.5) is 4.39 Å². The highest BCUT2D eigenvalue weighted by Crippen LogP contribution is 2.33. The first-order chi connectivity index (χ1) is 18.7. The average molecular weight is 541 g/mol. The van der Waals surface area contributed by atoms with E-state index in [1.165, 1.54) is 29.2 Å². The third kappa shape index (κ3) is 7.77. The van der Waals surface area contributed by atoms with Crippen LogP contribution >= 0.6 is 0 Å². The Balaban J connectivity index is 1.56. The number of aryl methyl sites for hydroxylation is 1. The minimum atomic E-state index is -1.42. The highest BCUT2D eigenvalue weighted by molar-refractivity contribution is 5.91. The SMILES string of the molecule is C[C@@H]1CN[C@@H](C2CC2)C(=O)N(C)CC(=O)N[C@H]([C@@H](O)c2ccc(F)cc2)C(=O)NCCCc2ccccc2O1. The number of nitrogens with one attached hydrogen (secondary N) is 3. The number of carbonyl (C=O) groups is 3. The number of aliphatic hydroxyl groups is 1. The van der Waals surface area contributed by atoms with Gasteiger partial charge in [-0.25, -0.2) is 4.39 Å². The molecule has 2 aliphatic rings. The maximum Gasteiger partial charge on any atom is 0.245 e. The van der Waals surface area contributed by atoms with E-state index < -0.39 is 35.8 Å². The van der Waals surface area contributed by atoms with Crippen molar-refractivity contribution in [1.82, 2.24) is 20.9 Å². The Morgan fingerprint density at radius 1 is 1.08 bits per heavy atom. The van der Waals surface area contributed by atoms with Crippen molar-refractivity contribution in [2.24, 2.45) is 5.92 Å². The molecule has 1 fully saturated rings. The van der Waals surface area contributed by atoms with Gasteiger partial charge in [0, 0.05) is 20.1 Å². The summed E-state index contributed by atoms with van der Waals surface area (Å²) in [6.07, 6.45) is 1.48. The van der Waals surface area contributed by atoms with E-state index in [-0.39, 0.29) is 30.0 Å². The van der Waals surface area contributed by atoms with Gasteiger partial charge in [0.2, 0.25) is 17.7 Å². The zero-order chi connectivity index (χ0) is 27.9. The molecule has 9 nitrogen and oxygen atoms in total. The Kier molecular flexibility index (Phi) is 9.53. The lowest BCUT2D eigenvalue weighted by Gasteiger charge is -2.28. The molecular formula is C29H37FN4O5. The van der Waals surface area contributed by atoms with Crippen LogP contribution < -0.4 is 20.7 Å². The van der Waals surface area contributed by atoms with Crippen molar-refractivity contribution in [3.05, 3.63) is 65.5 Å². The Morgan fingerprint density at radius 2 is 1.79 bits per heavy atom. The molecule has 0 aromatic heterocycles. The molecule has 4 N–H and O–H groups in total. The molecule has 1 heterocycles. The predicted octanol–water partition coefficient (Wildman–Crippen LogP) is 1.70. The van der Waals surface area contributed by atoms with Gasteiger partial charge in [-0.3, -0.25) is 14.4 Å². The predicted molar refractivity (Wildman–Crippen MR) is 143 cm³/mol. The summed E-state index contributed by atoms with van der Waals surface area (Å²) in [6, 6.07) is 11.0. The fraction of sp³-hybridized carbons (Fsp3) is 0.483. The van der Waals surface area contributed by atoms with Gasteiger partial charge in [0.1, 0.15) is 29.8 Å². The number of nitrogens with zero attached hydrogens (tertiary/aromatic N) is 1. The van der Waals surface area contributed by atoms with E-state index in [1.54, 1.807) is 7.05 Å². The van der Waals surface area contributed by atoms with E-state index >= 15 is 0 Å². The lowest BCUT2D eigenvalue weighted by atomic mass is 10.0. The van der Waals surface area contributed by atoms with E-state index in [9.17, 15) is 23.9 Å². The number of hydrogen-bond donors (Lipinski definition) is 4. The maximum atomic E-state index is 13.4. The molecule has 2 aromatic rings. The number of likely N-dealkylation sites (N-methyl/N-ethyl adjacent to an activating group) is 1. The van der Waals surface area contributed by atoms with Gasteiger partial charge in [-0.2, -0.15) is 0 Å². The van der Waals surface area contributed by atoms with Gasteiger partial charge in [0.15, 0.2) is 0 Å². The third-order valence-corrected chi connectivity index (χ3v) is 7.09. The zero-order valence-electron chi connectivity index (χ0n) is 22.4. The number of para-hydroxylation sites is 1. The second kappa shape index (κ2) is 13.0. The second-order valence-electron chi connectivity index (χ2n) is 10.4. The Bertz CT molecular complexity index is 1160. The fourth-order valence-electron chi connectivity index (χ4n) is 4.75. The number of rotatable bonds is 3. The van der Waals surface area contributed by atoms with Crippen LogP contribution in [-0.2, 0) is 20.8 Å². The summed E-state index contributed by atoms with van der Waals surface area (Å²) >= 11 is 0. The van der Waals surface area contributed by atoms with Gasteiger partial charge in [0.05, 0.1) is 12.6 Å². The summed E-state index contributed by atoms with van der Waals surface area (Å²) < 4.78 is 19.6. The summed E-state index contributed by atoms with van der Waals surface area (Å²) in [7, 11) is 1.54. The molecule has 0 radical (unpaired) electrons. The van der Waals surface area contributed by atoms with Crippen molar-refractivity contribution in [2.45, 2.75) is 56.9 Å². The Hall–Kier alpha value is -3.50. The number of aliphatic hydroxyl groups excluding tert-OH is 1. The normalized spacial score (nSPS) is 24.9. The number of halogens is 1. The molecule has 210 valence electrons. The standard InChI is InChI=1S/C29H37FN4O5/c1-18-16-32-25(20-9-10-20)29(38)34(2)17-24(35)33-26(27(36)21-11-13-22(30)14-12-21)28(37)31-15-5-7-19-6-3-4-8-23(19)39-18/h3-4,6,8,11-14,18,20,25-27,32,36H,5,7,9-10,15-17H2,1-2H3,(H,31,37)(H,33,35)/t18-,25+,26-,27+/m1/s1. The Labute approximate surface area is 228 Å². The van der Waals surface area contributed by atoms with E-state index in [2.05, 4.69) is 16.0 Å². The van der Waals surface area contributed by atoms with Crippen molar-refractivity contribution in [1.29, 1.82) is 0 Å². The summed E-state index contributed by atoms with van der Waals surface area (Å²) in [5.74, 6) is -0.933. The molecule has 1 aliphatic carbocycles. The quantitative estimate of drug-likeness (QED) is 0.471. The van der Waals surface area contributed by atoms with Crippen LogP contribution in [0.25, 0.3) is 0 Å². The number of ether oxygens (including phenoxy) is 1. The molecule has 39 heavy (non-hydrogen) atoms. The van der Waals surface area contributed by atoms with E-state index in [0.29, 0.717) is 25.9 Å². The maximum absolute atomic E-state index is 13.4. The molecule has 0 unspecified atom stereocenters. The minimum Gasteiger partial charge on any atom is -0.489 e. The largest absolute Gasteiger partial charge is 0.489 e. The average Bonchev–Trinajstić information content (AvgIpc) is 3.75. The molecular weight excluding hydrogens is 503 g/mol. The number of fused-ring (bicyclic) bond motifs is 1. The van der Waals surface area contributed by atoms with Crippen LogP contribution in [0.2, 0.25) is 0 Å². The van der Waals surface area contributed by atoms with Crippen molar-refractivity contribution in [3.8, 4) is 5.75 Å². The molecule has 4 rings (SSSR count). The number of benzene rings is 2. The summed E-state index contributed by atoms with van der Waals surface area (Å²) in [4.78, 5) is 40.7. The summed E-state index contributed by atoms with van der Waals surface area (Å²) in [5.41, 5.74) is 1.27. The van der Waals surface area contributed by atoms with Crippen molar-refractivity contribution in [3.63, 3.8) is 0 Å². The highest BCUT2D eigenvalue weighted by atomic mass is 19.1. The first-order valence-electron chi connectivity index (χ1n) is 13.5. The molecule has 0 saturated heterocycles. The molecule has 0 spiro atoms. The minimum absolute atomic E-state index is 0.187. The molecule has 3 amide bonds. The zero-order valence-corrected chi connectivity index (χ0v) is 22.4. The lowest BCUT2D eigenvalue weighted by molar-refractivity contribution is -0.138. The first-order valence-corrected chi connectivity index (χ1v) is 13.5. The van der Waals surface area contributed by atoms with Gasteiger partial charge >= 0.3 is 0 Å². The van der Waals surface area contributed by atoms with Crippen LogP contribution in [0.15, 0.2) is 48.5 Å². The van der Waals surface area contributed by atoms with E-state index in [1.807, 2.05) is 31.2 Å². The number of carbonyl (C=O) groups excluding carboxylic acids is 3. The van der Waals surface area contributed by atoms with Gasteiger partial charge in [-0.15, -0.1) is 0 Å². The van der Waals surface area contributed by atoms with Crippen molar-refractivity contribution in [2.75, 3.05) is 26.7 Å². The van der Waals surface area contributed by atoms with Gasteiger partial charge in [-0.05, 0) is 67.9 Å². The summed E-state index contributed by atoms with van der Waals surface area (Å²) in [5, 5.41) is 19.7. The molecule has 2 aromatic carbocycles.